The smallest absolute Gasteiger partial charge is 0.161 e. The third-order valence-corrected chi connectivity index (χ3v) is 3.81. The van der Waals surface area contributed by atoms with Crippen LogP contribution in [-0.4, -0.2) is 38.1 Å². The zero-order valence-corrected chi connectivity index (χ0v) is 12.3. The number of nitrogens with zero attached hydrogens (tertiary/aromatic N) is 1. The zero-order valence-electron chi connectivity index (χ0n) is 11.5. The number of benzene rings is 1. The van der Waals surface area contributed by atoms with Crippen molar-refractivity contribution < 1.29 is 9.47 Å². The number of hydrogen-bond donors (Lipinski definition) is 0. The van der Waals surface area contributed by atoms with E-state index in [0.29, 0.717) is 5.88 Å². The summed E-state index contributed by atoms with van der Waals surface area (Å²) in [4.78, 5) is 2.36. The van der Waals surface area contributed by atoms with Crippen molar-refractivity contribution in [3.05, 3.63) is 35.4 Å². The summed E-state index contributed by atoms with van der Waals surface area (Å²) in [7, 11) is 3.34. The molecule has 0 amide bonds. The summed E-state index contributed by atoms with van der Waals surface area (Å²) in [5.41, 5.74) is 3.70. The van der Waals surface area contributed by atoms with Crippen LogP contribution in [0, 0.1) is 0 Å². The lowest BCUT2D eigenvalue weighted by Crippen LogP contribution is -2.32. The molecule has 1 heterocycles. The Kier molecular flexibility index (Phi) is 4.72. The van der Waals surface area contributed by atoms with Crippen LogP contribution < -0.4 is 9.47 Å². The van der Waals surface area contributed by atoms with Crippen molar-refractivity contribution in [1.82, 2.24) is 4.90 Å². The molecule has 3 nitrogen and oxygen atoms in total. The maximum absolute atomic E-state index is 5.80. The fraction of sp³-hybridized carbons (Fsp3) is 0.467. The van der Waals surface area contributed by atoms with Crippen LogP contribution in [0.1, 0.15) is 11.1 Å². The van der Waals surface area contributed by atoms with Crippen LogP contribution in [0.5, 0.6) is 11.5 Å². The molecule has 0 radical (unpaired) electrons. The molecule has 0 atom stereocenters. The second kappa shape index (κ2) is 6.31. The number of alkyl halides is 1. The number of halogens is 1. The molecule has 0 aromatic heterocycles. The molecule has 1 aliphatic rings. The van der Waals surface area contributed by atoms with Gasteiger partial charge in [0.1, 0.15) is 0 Å². The van der Waals surface area contributed by atoms with Gasteiger partial charge in [-0.05, 0) is 35.3 Å². The molecule has 1 aliphatic heterocycles. The van der Waals surface area contributed by atoms with E-state index in [4.69, 9.17) is 21.1 Å². The fourth-order valence-corrected chi connectivity index (χ4v) is 2.52. The van der Waals surface area contributed by atoms with Crippen molar-refractivity contribution in [2.45, 2.75) is 13.0 Å². The molecule has 19 heavy (non-hydrogen) atoms. The Morgan fingerprint density at radius 2 is 1.89 bits per heavy atom. The zero-order chi connectivity index (χ0) is 13.8. The average Bonchev–Trinajstić information content (AvgIpc) is 2.45. The van der Waals surface area contributed by atoms with Gasteiger partial charge in [-0.25, -0.2) is 0 Å². The lowest BCUT2D eigenvalue weighted by molar-refractivity contribution is 0.274. The minimum Gasteiger partial charge on any atom is -0.493 e. The summed E-state index contributed by atoms with van der Waals surface area (Å²) in [5, 5.41) is 0. The summed E-state index contributed by atoms with van der Waals surface area (Å²) in [6, 6.07) is 4.16. The Labute approximate surface area is 119 Å². The van der Waals surface area contributed by atoms with Gasteiger partial charge in [-0.3, -0.25) is 4.90 Å². The third-order valence-electron chi connectivity index (χ3n) is 3.43. The first-order valence-corrected chi connectivity index (χ1v) is 6.90. The van der Waals surface area contributed by atoms with E-state index in [0.717, 1.165) is 43.1 Å². The van der Waals surface area contributed by atoms with Crippen LogP contribution in [-0.2, 0) is 13.0 Å². The van der Waals surface area contributed by atoms with Crippen LogP contribution in [0.25, 0.3) is 0 Å². The van der Waals surface area contributed by atoms with Gasteiger partial charge in [0.15, 0.2) is 11.5 Å². The number of fused-ring (bicyclic) bond motifs is 1. The van der Waals surface area contributed by atoms with Gasteiger partial charge in [0.05, 0.1) is 14.2 Å². The van der Waals surface area contributed by atoms with Gasteiger partial charge in [0.25, 0.3) is 0 Å². The molecule has 0 aliphatic carbocycles. The van der Waals surface area contributed by atoms with Crippen molar-refractivity contribution in [3.63, 3.8) is 0 Å². The summed E-state index contributed by atoms with van der Waals surface area (Å²) in [6.07, 6.45) is 1.02. The molecular weight excluding hydrogens is 262 g/mol. The van der Waals surface area contributed by atoms with Crippen LogP contribution in [0.4, 0.5) is 0 Å². The first-order chi connectivity index (χ1) is 9.17. The van der Waals surface area contributed by atoms with E-state index in [1.807, 2.05) is 0 Å². The topological polar surface area (TPSA) is 21.7 Å². The molecule has 1 aromatic carbocycles. The monoisotopic (exact) mass is 281 g/mol. The molecule has 0 saturated heterocycles. The van der Waals surface area contributed by atoms with Gasteiger partial charge in [-0.15, -0.1) is 11.6 Å². The van der Waals surface area contributed by atoms with Gasteiger partial charge >= 0.3 is 0 Å². The molecule has 4 heteroatoms. The standard InChI is InChI=1S/C15H20ClNO2/c1-11(8-16)9-17-5-4-12-6-14(18-2)15(19-3)7-13(12)10-17/h6-7H,1,4-5,8-10H2,2-3H3. The van der Waals surface area contributed by atoms with Gasteiger partial charge in [0.2, 0.25) is 0 Å². The van der Waals surface area contributed by atoms with Gasteiger partial charge in [0, 0.05) is 25.5 Å². The highest BCUT2D eigenvalue weighted by atomic mass is 35.5. The van der Waals surface area contributed by atoms with Gasteiger partial charge in [-0.2, -0.15) is 0 Å². The van der Waals surface area contributed by atoms with E-state index in [2.05, 4.69) is 23.6 Å². The average molecular weight is 282 g/mol. The molecule has 2 rings (SSSR count). The van der Waals surface area contributed by atoms with E-state index in [1.54, 1.807) is 14.2 Å². The third kappa shape index (κ3) is 3.23. The molecule has 0 unspecified atom stereocenters. The molecular formula is C15H20ClNO2. The molecule has 0 bridgehead atoms. The van der Waals surface area contributed by atoms with Crippen molar-refractivity contribution in [2.24, 2.45) is 0 Å². The maximum Gasteiger partial charge on any atom is 0.161 e. The second-order valence-electron chi connectivity index (χ2n) is 4.82. The number of methoxy groups -OCH3 is 2. The first-order valence-electron chi connectivity index (χ1n) is 6.36. The highest BCUT2D eigenvalue weighted by Crippen LogP contribution is 2.33. The first kappa shape index (κ1) is 14.2. The van der Waals surface area contributed by atoms with E-state index >= 15 is 0 Å². The predicted octanol–water partition coefficient (Wildman–Crippen LogP) is 2.86. The number of rotatable bonds is 5. The summed E-state index contributed by atoms with van der Waals surface area (Å²) in [6.45, 7) is 6.76. The van der Waals surface area contributed by atoms with Crippen LogP contribution in [0.2, 0.25) is 0 Å². The largest absolute Gasteiger partial charge is 0.493 e. The van der Waals surface area contributed by atoms with Crippen LogP contribution in [0.15, 0.2) is 24.3 Å². The van der Waals surface area contributed by atoms with Crippen molar-refractivity contribution in [3.8, 4) is 11.5 Å². The number of hydrogen-bond acceptors (Lipinski definition) is 3. The Bertz CT molecular complexity index is 473. The van der Waals surface area contributed by atoms with E-state index in [1.165, 1.54) is 11.1 Å². The molecule has 0 N–H and O–H groups in total. The van der Waals surface area contributed by atoms with Crippen LogP contribution in [0.3, 0.4) is 0 Å². The normalized spacial score (nSPS) is 14.9. The summed E-state index contributed by atoms with van der Waals surface area (Å²) >= 11 is 5.80. The Morgan fingerprint density at radius 3 is 2.47 bits per heavy atom. The van der Waals surface area contributed by atoms with Crippen molar-refractivity contribution >= 4 is 11.6 Å². The Hall–Kier alpha value is -1.19. The highest BCUT2D eigenvalue weighted by molar-refractivity contribution is 6.19. The van der Waals surface area contributed by atoms with Crippen LogP contribution >= 0.6 is 11.6 Å². The lowest BCUT2D eigenvalue weighted by atomic mass is 9.98. The molecule has 0 saturated carbocycles. The van der Waals surface area contributed by atoms with E-state index in [9.17, 15) is 0 Å². The van der Waals surface area contributed by atoms with Crippen molar-refractivity contribution in [1.29, 1.82) is 0 Å². The predicted molar refractivity (Wildman–Crippen MR) is 78.4 cm³/mol. The Morgan fingerprint density at radius 1 is 1.26 bits per heavy atom. The summed E-state index contributed by atoms with van der Waals surface area (Å²) < 4.78 is 10.7. The number of ether oxygens (including phenoxy) is 2. The van der Waals surface area contributed by atoms with Gasteiger partial charge < -0.3 is 9.47 Å². The minimum atomic E-state index is 0.523. The van der Waals surface area contributed by atoms with E-state index < -0.39 is 0 Å². The maximum atomic E-state index is 5.80. The second-order valence-corrected chi connectivity index (χ2v) is 5.09. The molecule has 104 valence electrons. The highest BCUT2D eigenvalue weighted by Gasteiger charge is 2.19. The Balaban J connectivity index is 2.18. The summed E-state index contributed by atoms with van der Waals surface area (Å²) in [5.74, 6) is 2.12. The molecule has 0 fully saturated rings. The molecule has 1 aromatic rings. The van der Waals surface area contributed by atoms with E-state index in [-0.39, 0.29) is 0 Å². The SMILES string of the molecule is C=C(CCl)CN1CCc2cc(OC)c(OC)cc2C1. The quantitative estimate of drug-likeness (QED) is 0.612. The molecule has 0 spiro atoms. The minimum absolute atomic E-state index is 0.523. The van der Waals surface area contributed by atoms with Gasteiger partial charge in [-0.1, -0.05) is 6.58 Å². The lowest BCUT2D eigenvalue weighted by Gasteiger charge is -2.29. The fourth-order valence-electron chi connectivity index (χ4n) is 2.44. The van der Waals surface area contributed by atoms with Crippen molar-refractivity contribution in [2.75, 3.05) is 33.2 Å².